The van der Waals surface area contributed by atoms with Gasteiger partial charge in [-0.3, -0.25) is 9.89 Å². The summed E-state index contributed by atoms with van der Waals surface area (Å²) < 4.78 is 13.7. The van der Waals surface area contributed by atoms with Crippen LogP contribution in [0, 0.1) is 5.82 Å². The van der Waals surface area contributed by atoms with Crippen LogP contribution in [0.4, 0.5) is 15.9 Å². The van der Waals surface area contributed by atoms with Crippen molar-refractivity contribution in [1.82, 2.24) is 10.2 Å². The predicted molar refractivity (Wildman–Crippen MR) is 91.0 cm³/mol. The van der Waals surface area contributed by atoms with Gasteiger partial charge in [0.1, 0.15) is 5.82 Å². The maximum Gasteiger partial charge on any atom is 0.226 e. The van der Waals surface area contributed by atoms with Crippen LogP contribution in [0.5, 0.6) is 0 Å². The van der Waals surface area contributed by atoms with Crippen molar-refractivity contribution in [1.29, 1.82) is 0 Å². The predicted octanol–water partition coefficient (Wildman–Crippen LogP) is 3.36. The lowest BCUT2D eigenvalue weighted by Crippen LogP contribution is -2.26. The summed E-state index contributed by atoms with van der Waals surface area (Å²) in [5.74, 6) is 0.706. The second-order valence-corrected chi connectivity index (χ2v) is 6.93. The maximum atomic E-state index is 13.7. The second-order valence-electron chi connectivity index (χ2n) is 6.93. The van der Waals surface area contributed by atoms with Crippen molar-refractivity contribution < 1.29 is 9.18 Å². The number of nitrogens with zero attached hydrogens (tertiary/aromatic N) is 2. The number of carbonyl (C=O) groups excluding carboxylic acids is 1. The van der Waals surface area contributed by atoms with Gasteiger partial charge in [0, 0.05) is 49.3 Å². The van der Waals surface area contributed by atoms with E-state index in [-0.39, 0.29) is 17.6 Å². The first-order chi connectivity index (χ1) is 11.5. The molecule has 24 heavy (non-hydrogen) atoms. The Balaban J connectivity index is 1.85. The molecule has 0 bridgehead atoms. The number of nitrogens with one attached hydrogen (secondary N) is 2. The van der Waals surface area contributed by atoms with E-state index in [2.05, 4.69) is 15.5 Å². The molecule has 1 aromatic heterocycles. The van der Waals surface area contributed by atoms with Crippen LogP contribution in [0.2, 0.25) is 0 Å². The number of amides is 1. The number of carbonyl (C=O) groups is 1. The highest BCUT2D eigenvalue weighted by Gasteiger charge is 2.36. The quantitative estimate of drug-likeness (QED) is 0.908. The van der Waals surface area contributed by atoms with Crippen molar-refractivity contribution in [3.05, 3.63) is 40.8 Å². The molecule has 0 radical (unpaired) electrons. The van der Waals surface area contributed by atoms with Crippen LogP contribution >= 0.6 is 0 Å². The summed E-state index contributed by atoms with van der Waals surface area (Å²) in [6, 6.07) is 4.80. The first kappa shape index (κ1) is 15.2. The topological polar surface area (TPSA) is 61.0 Å². The first-order valence-corrected chi connectivity index (χ1v) is 8.39. The Morgan fingerprint density at radius 3 is 2.75 bits per heavy atom. The Kier molecular flexibility index (Phi) is 3.55. The number of fused-ring (bicyclic) bond motifs is 1. The van der Waals surface area contributed by atoms with E-state index < -0.39 is 0 Å². The van der Waals surface area contributed by atoms with E-state index in [1.165, 1.54) is 18.6 Å². The Morgan fingerprint density at radius 1 is 1.29 bits per heavy atom. The van der Waals surface area contributed by atoms with E-state index >= 15 is 0 Å². The molecule has 1 atom stereocenters. The molecule has 2 heterocycles. The fraction of sp³-hybridized carbons (Fsp3) is 0.444. The molecule has 0 saturated heterocycles. The monoisotopic (exact) mass is 328 g/mol. The van der Waals surface area contributed by atoms with Crippen LogP contribution in [0.25, 0.3) is 0 Å². The largest absolute Gasteiger partial charge is 0.377 e. The van der Waals surface area contributed by atoms with Crippen molar-refractivity contribution in [3.63, 3.8) is 0 Å². The zero-order valence-electron chi connectivity index (χ0n) is 13.9. The summed E-state index contributed by atoms with van der Waals surface area (Å²) in [5, 5.41) is 10.4. The molecular weight excluding hydrogens is 307 g/mol. The Labute approximate surface area is 140 Å². The minimum Gasteiger partial charge on any atom is -0.377 e. The fourth-order valence-corrected chi connectivity index (χ4v) is 3.76. The summed E-state index contributed by atoms with van der Waals surface area (Å²) >= 11 is 0. The minimum atomic E-state index is -0.269. The molecule has 1 aromatic carbocycles. The Morgan fingerprint density at radius 2 is 2.08 bits per heavy atom. The van der Waals surface area contributed by atoms with E-state index in [1.807, 2.05) is 19.0 Å². The van der Waals surface area contributed by atoms with Crippen LogP contribution in [0.1, 0.15) is 54.3 Å². The third-order valence-corrected chi connectivity index (χ3v) is 5.19. The fourth-order valence-electron chi connectivity index (χ4n) is 3.76. The summed E-state index contributed by atoms with van der Waals surface area (Å²) in [6.07, 6.45) is 3.90. The van der Waals surface area contributed by atoms with Crippen LogP contribution in [0.3, 0.4) is 0 Å². The molecule has 2 aromatic rings. The van der Waals surface area contributed by atoms with Gasteiger partial charge >= 0.3 is 0 Å². The van der Waals surface area contributed by atoms with Gasteiger partial charge in [-0.25, -0.2) is 4.39 Å². The summed E-state index contributed by atoms with van der Waals surface area (Å²) in [4.78, 5) is 14.1. The lowest BCUT2D eigenvalue weighted by molar-refractivity contribution is -0.116. The molecule has 1 aliphatic heterocycles. The van der Waals surface area contributed by atoms with Crippen molar-refractivity contribution in [2.75, 3.05) is 24.3 Å². The number of halogens is 1. The lowest BCUT2D eigenvalue weighted by atomic mass is 9.76. The number of benzene rings is 1. The third kappa shape index (κ3) is 2.37. The van der Waals surface area contributed by atoms with Gasteiger partial charge in [-0.15, -0.1) is 0 Å². The molecule has 1 saturated carbocycles. The average molecular weight is 328 g/mol. The number of aromatic amines is 1. The zero-order valence-corrected chi connectivity index (χ0v) is 13.9. The van der Waals surface area contributed by atoms with E-state index in [1.54, 1.807) is 6.07 Å². The Hall–Kier alpha value is -2.37. The minimum absolute atomic E-state index is 0.0480. The summed E-state index contributed by atoms with van der Waals surface area (Å²) in [7, 11) is 3.79. The molecule has 1 fully saturated rings. The number of aromatic nitrogens is 2. The van der Waals surface area contributed by atoms with Crippen LogP contribution in [0.15, 0.2) is 18.2 Å². The molecule has 0 spiro atoms. The van der Waals surface area contributed by atoms with Crippen LogP contribution < -0.4 is 10.2 Å². The molecule has 2 aliphatic rings. The van der Waals surface area contributed by atoms with E-state index in [0.717, 1.165) is 35.3 Å². The summed E-state index contributed by atoms with van der Waals surface area (Å²) in [5.41, 5.74) is 3.99. The number of hydrogen-bond acceptors (Lipinski definition) is 3. The van der Waals surface area contributed by atoms with Crippen LogP contribution in [-0.4, -0.2) is 30.2 Å². The summed E-state index contributed by atoms with van der Waals surface area (Å²) in [6.45, 7) is 0. The van der Waals surface area contributed by atoms with Crippen molar-refractivity contribution in [2.24, 2.45) is 0 Å². The smallest absolute Gasteiger partial charge is 0.226 e. The SMILES string of the molecule is CN(C)c1cc(F)ccc1C1CC(=O)Nc2n[nH]c(C3CCC3)c21. The van der Waals surface area contributed by atoms with E-state index in [4.69, 9.17) is 0 Å². The number of H-pyrrole nitrogens is 1. The van der Waals surface area contributed by atoms with E-state index in [0.29, 0.717) is 18.2 Å². The Bertz CT molecular complexity index is 794. The van der Waals surface area contributed by atoms with Gasteiger partial charge < -0.3 is 10.2 Å². The average Bonchev–Trinajstić information content (AvgIpc) is 2.88. The molecular formula is C18H21FN4O. The first-order valence-electron chi connectivity index (χ1n) is 8.39. The highest BCUT2D eigenvalue weighted by Crippen LogP contribution is 2.47. The van der Waals surface area contributed by atoms with Gasteiger partial charge in [0.2, 0.25) is 5.91 Å². The molecule has 126 valence electrons. The van der Waals surface area contributed by atoms with Crippen molar-refractivity contribution in [2.45, 2.75) is 37.5 Å². The van der Waals surface area contributed by atoms with Crippen LogP contribution in [-0.2, 0) is 4.79 Å². The number of anilines is 2. The standard InChI is InChI=1S/C18H21FN4O/c1-23(2)14-8-11(19)6-7-12(14)13-9-15(24)20-18-16(13)17(21-22-18)10-4-3-5-10/h6-8,10,13H,3-5,9H2,1-2H3,(H2,20,21,22,24). The number of rotatable bonds is 3. The molecule has 5 nitrogen and oxygen atoms in total. The molecule has 4 rings (SSSR count). The van der Waals surface area contributed by atoms with E-state index in [9.17, 15) is 9.18 Å². The van der Waals surface area contributed by atoms with Gasteiger partial charge in [-0.05, 0) is 30.5 Å². The van der Waals surface area contributed by atoms with Crippen molar-refractivity contribution in [3.8, 4) is 0 Å². The highest BCUT2D eigenvalue weighted by molar-refractivity contribution is 5.94. The third-order valence-electron chi connectivity index (χ3n) is 5.19. The highest BCUT2D eigenvalue weighted by atomic mass is 19.1. The molecule has 1 aliphatic carbocycles. The molecule has 2 N–H and O–H groups in total. The van der Waals surface area contributed by atoms with Gasteiger partial charge in [-0.1, -0.05) is 12.5 Å². The van der Waals surface area contributed by atoms with Gasteiger partial charge in [0.05, 0.1) is 0 Å². The molecule has 1 amide bonds. The lowest BCUT2D eigenvalue weighted by Gasteiger charge is -2.31. The normalized spacial score (nSPS) is 20.3. The van der Waals surface area contributed by atoms with Gasteiger partial charge in [0.15, 0.2) is 5.82 Å². The molecule has 1 unspecified atom stereocenters. The maximum absolute atomic E-state index is 13.7. The van der Waals surface area contributed by atoms with Crippen molar-refractivity contribution >= 4 is 17.4 Å². The van der Waals surface area contributed by atoms with Gasteiger partial charge in [-0.2, -0.15) is 5.10 Å². The van der Waals surface area contributed by atoms with Gasteiger partial charge in [0.25, 0.3) is 0 Å². The molecule has 6 heteroatoms. The zero-order chi connectivity index (χ0) is 16.8. The second kappa shape index (κ2) is 5.61. The number of hydrogen-bond donors (Lipinski definition) is 2.